The number of aryl methyl sites for hydroxylation is 1. The lowest BCUT2D eigenvalue weighted by Crippen LogP contribution is -2.32. The molecule has 1 heterocycles. The quantitative estimate of drug-likeness (QED) is 0.436. The molecule has 0 aliphatic heterocycles. The Morgan fingerprint density at radius 3 is 2.83 bits per heavy atom. The number of methoxy groups -OCH3 is 2. The summed E-state index contributed by atoms with van der Waals surface area (Å²) in [6.45, 7) is 2.09. The number of benzene rings is 1. The highest BCUT2D eigenvalue weighted by atomic mass is 16.5. The lowest BCUT2D eigenvalue weighted by atomic mass is 10.2. The van der Waals surface area contributed by atoms with Gasteiger partial charge in [0.2, 0.25) is 0 Å². The van der Waals surface area contributed by atoms with Crippen LogP contribution in [0.1, 0.15) is 12.0 Å². The van der Waals surface area contributed by atoms with E-state index in [4.69, 9.17) is 15.2 Å². The van der Waals surface area contributed by atoms with Crippen molar-refractivity contribution in [1.82, 2.24) is 15.1 Å². The van der Waals surface area contributed by atoms with E-state index < -0.39 is 0 Å². The summed E-state index contributed by atoms with van der Waals surface area (Å²) in [6.07, 6.45) is 4.63. The Morgan fingerprint density at radius 1 is 1.30 bits per heavy atom. The van der Waals surface area contributed by atoms with Gasteiger partial charge in [0, 0.05) is 25.5 Å². The molecule has 23 heavy (non-hydrogen) atoms. The van der Waals surface area contributed by atoms with Crippen molar-refractivity contribution in [3.05, 3.63) is 42.2 Å². The Morgan fingerprint density at radius 2 is 2.13 bits per heavy atom. The summed E-state index contributed by atoms with van der Waals surface area (Å²) >= 11 is 0. The maximum atomic E-state index is 5.87. The molecule has 0 amide bonds. The molecule has 7 heteroatoms. The van der Waals surface area contributed by atoms with Gasteiger partial charge in [-0.25, -0.2) is 4.99 Å². The van der Waals surface area contributed by atoms with Gasteiger partial charge in [-0.05, 0) is 30.2 Å². The van der Waals surface area contributed by atoms with Crippen molar-refractivity contribution in [3.63, 3.8) is 0 Å². The highest BCUT2D eigenvalue weighted by molar-refractivity contribution is 5.77. The number of aromatic nitrogens is 2. The van der Waals surface area contributed by atoms with Gasteiger partial charge in [-0.1, -0.05) is 6.07 Å². The molecule has 0 spiro atoms. The van der Waals surface area contributed by atoms with Gasteiger partial charge in [0.1, 0.15) is 0 Å². The Kier molecular flexibility index (Phi) is 6.28. The number of hydrogen-bond donors (Lipinski definition) is 2. The Labute approximate surface area is 136 Å². The number of ether oxygens (including phenoxy) is 2. The molecule has 0 aliphatic rings. The SMILES string of the molecule is COc1ccc(CN=C(N)NCCCn2cccn2)cc1OC. The minimum atomic E-state index is 0.431. The first-order chi connectivity index (χ1) is 11.2. The molecule has 1 aromatic carbocycles. The highest BCUT2D eigenvalue weighted by Crippen LogP contribution is 2.27. The second-order valence-electron chi connectivity index (χ2n) is 4.94. The summed E-state index contributed by atoms with van der Waals surface area (Å²) in [5.41, 5.74) is 6.87. The molecule has 0 fully saturated rings. The van der Waals surface area contributed by atoms with E-state index in [0.29, 0.717) is 24.0 Å². The molecule has 0 saturated carbocycles. The topological polar surface area (TPSA) is 86.7 Å². The fourth-order valence-electron chi connectivity index (χ4n) is 2.10. The van der Waals surface area contributed by atoms with Gasteiger partial charge in [0.15, 0.2) is 17.5 Å². The van der Waals surface area contributed by atoms with Crippen LogP contribution in [0.25, 0.3) is 0 Å². The van der Waals surface area contributed by atoms with Gasteiger partial charge in [0.25, 0.3) is 0 Å². The van der Waals surface area contributed by atoms with Gasteiger partial charge in [-0.3, -0.25) is 4.68 Å². The summed E-state index contributed by atoms with van der Waals surface area (Å²) in [5.74, 6) is 1.82. The van der Waals surface area contributed by atoms with Crippen LogP contribution in [0.5, 0.6) is 11.5 Å². The predicted molar refractivity (Wildman–Crippen MR) is 89.7 cm³/mol. The summed E-state index contributed by atoms with van der Waals surface area (Å²) in [5, 5.41) is 7.24. The van der Waals surface area contributed by atoms with Crippen molar-refractivity contribution in [1.29, 1.82) is 0 Å². The van der Waals surface area contributed by atoms with E-state index in [1.807, 2.05) is 35.1 Å². The van der Waals surface area contributed by atoms with Crippen LogP contribution < -0.4 is 20.5 Å². The molecule has 2 rings (SSSR count). The van der Waals surface area contributed by atoms with E-state index >= 15 is 0 Å². The van der Waals surface area contributed by atoms with Crippen molar-refractivity contribution in [2.75, 3.05) is 20.8 Å². The minimum absolute atomic E-state index is 0.431. The van der Waals surface area contributed by atoms with E-state index in [2.05, 4.69) is 15.4 Å². The zero-order valence-corrected chi connectivity index (χ0v) is 13.5. The molecule has 3 N–H and O–H groups in total. The van der Waals surface area contributed by atoms with E-state index in [1.165, 1.54) is 0 Å². The smallest absolute Gasteiger partial charge is 0.188 e. The van der Waals surface area contributed by atoms with Crippen LogP contribution in [0.3, 0.4) is 0 Å². The summed E-state index contributed by atoms with van der Waals surface area (Å²) in [6, 6.07) is 7.60. The third-order valence-corrected chi connectivity index (χ3v) is 3.31. The zero-order valence-electron chi connectivity index (χ0n) is 13.5. The van der Waals surface area contributed by atoms with Crippen LogP contribution >= 0.6 is 0 Å². The standard InChI is InChI=1S/C16H23N5O2/c1-22-14-6-5-13(11-15(14)23-2)12-19-16(17)18-7-3-9-21-10-4-8-20-21/h4-6,8,10-11H,3,7,9,12H2,1-2H3,(H3,17,18,19). The lowest BCUT2D eigenvalue weighted by Gasteiger charge is -2.09. The first-order valence-electron chi connectivity index (χ1n) is 7.45. The second-order valence-corrected chi connectivity index (χ2v) is 4.94. The molecule has 1 aromatic heterocycles. The lowest BCUT2D eigenvalue weighted by molar-refractivity contribution is 0.354. The van der Waals surface area contributed by atoms with E-state index in [-0.39, 0.29) is 0 Å². The average molecular weight is 317 g/mol. The maximum Gasteiger partial charge on any atom is 0.188 e. The highest BCUT2D eigenvalue weighted by Gasteiger charge is 2.04. The first kappa shape index (κ1) is 16.7. The summed E-state index contributed by atoms with van der Waals surface area (Å²) in [4.78, 5) is 4.32. The van der Waals surface area contributed by atoms with Crippen molar-refractivity contribution < 1.29 is 9.47 Å². The van der Waals surface area contributed by atoms with Gasteiger partial charge >= 0.3 is 0 Å². The van der Waals surface area contributed by atoms with Crippen LogP contribution in [-0.4, -0.2) is 36.5 Å². The normalized spacial score (nSPS) is 11.3. The van der Waals surface area contributed by atoms with Crippen molar-refractivity contribution in [3.8, 4) is 11.5 Å². The molecule has 124 valence electrons. The predicted octanol–water partition coefficient (Wildman–Crippen LogP) is 1.39. The second kappa shape index (κ2) is 8.67. The van der Waals surface area contributed by atoms with Crippen LogP contribution in [-0.2, 0) is 13.1 Å². The van der Waals surface area contributed by atoms with Gasteiger partial charge in [-0.15, -0.1) is 0 Å². The number of guanidine groups is 1. The fourth-order valence-corrected chi connectivity index (χ4v) is 2.10. The van der Waals surface area contributed by atoms with Gasteiger partial charge in [0.05, 0.1) is 20.8 Å². The van der Waals surface area contributed by atoms with E-state index in [9.17, 15) is 0 Å². The molecular formula is C16H23N5O2. The number of hydrogen-bond acceptors (Lipinski definition) is 4. The Hall–Kier alpha value is -2.70. The summed E-state index contributed by atoms with van der Waals surface area (Å²) in [7, 11) is 3.22. The minimum Gasteiger partial charge on any atom is -0.493 e. The molecular weight excluding hydrogens is 294 g/mol. The maximum absolute atomic E-state index is 5.87. The third kappa shape index (κ3) is 5.21. The fraction of sp³-hybridized carbons (Fsp3) is 0.375. The van der Waals surface area contributed by atoms with Gasteiger partial charge < -0.3 is 20.5 Å². The van der Waals surface area contributed by atoms with Gasteiger partial charge in [-0.2, -0.15) is 5.10 Å². The molecule has 2 aromatic rings. The first-order valence-corrected chi connectivity index (χ1v) is 7.45. The van der Waals surface area contributed by atoms with Crippen molar-refractivity contribution in [2.45, 2.75) is 19.5 Å². The molecule has 0 atom stereocenters. The van der Waals surface area contributed by atoms with E-state index in [0.717, 1.165) is 25.1 Å². The molecule has 0 radical (unpaired) electrons. The van der Waals surface area contributed by atoms with Crippen LogP contribution in [0.15, 0.2) is 41.7 Å². The Balaban J connectivity index is 1.77. The molecule has 0 unspecified atom stereocenters. The molecule has 0 bridgehead atoms. The number of nitrogens with zero attached hydrogens (tertiary/aromatic N) is 3. The summed E-state index contributed by atoms with van der Waals surface area (Å²) < 4.78 is 12.4. The monoisotopic (exact) mass is 317 g/mol. The van der Waals surface area contributed by atoms with Crippen LogP contribution in [0.4, 0.5) is 0 Å². The number of nitrogens with two attached hydrogens (primary N) is 1. The zero-order chi connectivity index (χ0) is 16.5. The van der Waals surface area contributed by atoms with E-state index in [1.54, 1.807) is 20.4 Å². The Bertz CT molecular complexity index is 625. The van der Waals surface area contributed by atoms with Crippen molar-refractivity contribution in [2.24, 2.45) is 10.7 Å². The largest absolute Gasteiger partial charge is 0.493 e. The third-order valence-electron chi connectivity index (χ3n) is 3.31. The van der Waals surface area contributed by atoms with Crippen molar-refractivity contribution >= 4 is 5.96 Å². The average Bonchev–Trinajstić information content (AvgIpc) is 3.10. The number of aliphatic imine (C=N–C) groups is 1. The molecule has 0 saturated heterocycles. The number of nitrogens with one attached hydrogen (secondary N) is 1. The van der Waals surface area contributed by atoms with Crippen LogP contribution in [0.2, 0.25) is 0 Å². The molecule has 0 aliphatic carbocycles. The number of rotatable bonds is 8. The van der Waals surface area contributed by atoms with Crippen LogP contribution in [0, 0.1) is 0 Å². The molecule has 7 nitrogen and oxygen atoms in total.